The number of nitro groups is 1. The van der Waals surface area contributed by atoms with Gasteiger partial charge in [-0.3, -0.25) is 10.1 Å². The largest absolute Gasteiger partial charge is 0.371 e. The van der Waals surface area contributed by atoms with E-state index in [9.17, 15) is 10.1 Å². The third kappa shape index (κ3) is 2.51. The summed E-state index contributed by atoms with van der Waals surface area (Å²) in [5.41, 5.74) is 6.96. The molecule has 0 aromatic heterocycles. The van der Waals surface area contributed by atoms with Gasteiger partial charge in [0.15, 0.2) is 0 Å². The predicted octanol–water partition coefficient (Wildman–Crippen LogP) is 0.863. The fourth-order valence-electron chi connectivity index (χ4n) is 1.46. The first-order chi connectivity index (χ1) is 7.16. The van der Waals surface area contributed by atoms with Crippen molar-refractivity contribution in [3.63, 3.8) is 0 Å². The van der Waals surface area contributed by atoms with Crippen LogP contribution in [-0.2, 0) is 11.2 Å². The summed E-state index contributed by atoms with van der Waals surface area (Å²) in [6.45, 7) is 0.730. The lowest BCUT2D eigenvalue weighted by Crippen LogP contribution is -2.28. The fourth-order valence-corrected chi connectivity index (χ4v) is 1.46. The van der Waals surface area contributed by atoms with Crippen LogP contribution in [0.4, 0.5) is 5.69 Å². The van der Waals surface area contributed by atoms with Gasteiger partial charge >= 0.3 is 0 Å². The minimum atomic E-state index is -0.409. The van der Waals surface area contributed by atoms with Crippen molar-refractivity contribution >= 4 is 5.69 Å². The number of benzene rings is 1. The Kier molecular flexibility index (Phi) is 2.66. The summed E-state index contributed by atoms with van der Waals surface area (Å²) in [6, 6.07) is 6.46. The van der Waals surface area contributed by atoms with E-state index >= 15 is 0 Å². The molecule has 1 heterocycles. The standard InChI is InChI=1S/C10H12N2O3/c11-9(10-6-15-10)5-7-1-3-8(4-2-7)12(13)14/h1-4,9-10H,5-6,11H2. The van der Waals surface area contributed by atoms with Gasteiger partial charge in [0.25, 0.3) is 5.69 Å². The van der Waals surface area contributed by atoms with Gasteiger partial charge in [0.1, 0.15) is 0 Å². The van der Waals surface area contributed by atoms with Crippen molar-refractivity contribution in [1.29, 1.82) is 0 Å². The Bertz CT molecular complexity index is 359. The number of nitrogens with two attached hydrogens (primary N) is 1. The zero-order chi connectivity index (χ0) is 10.8. The van der Waals surface area contributed by atoms with Crippen molar-refractivity contribution in [2.75, 3.05) is 6.61 Å². The number of nitrogens with zero attached hydrogens (tertiary/aromatic N) is 1. The molecule has 1 aromatic carbocycles. The van der Waals surface area contributed by atoms with Crippen LogP contribution in [0.15, 0.2) is 24.3 Å². The van der Waals surface area contributed by atoms with Gasteiger partial charge in [0.2, 0.25) is 0 Å². The van der Waals surface area contributed by atoms with E-state index in [0.29, 0.717) is 6.42 Å². The van der Waals surface area contributed by atoms with Gasteiger partial charge in [0.05, 0.1) is 17.6 Å². The van der Waals surface area contributed by atoms with Crippen LogP contribution >= 0.6 is 0 Å². The molecule has 0 spiro atoms. The minimum Gasteiger partial charge on any atom is -0.371 e. The summed E-state index contributed by atoms with van der Waals surface area (Å²) >= 11 is 0. The van der Waals surface area contributed by atoms with Crippen LogP contribution in [0.1, 0.15) is 5.56 Å². The second-order valence-corrected chi connectivity index (χ2v) is 3.66. The van der Waals surface area contributed by atoms with E-state index in [2.05, 4.69) is 0 Å². The summed E-state index contributed by atoms with van der Waals surface area (Å²) in [4.78, 5) is 10.0. The molecule has 1 aliphatic rings. The van der Waals surface area contributed by atoms with Crippen LogP contribution in [0.25, 0.3) is 0 Å². The van der Waals surface area contributed by atoms with Gasteiger partial charge in [-0.1, -0.05) is 12.1 Å². The van der Waals surface area contributed by atoms with Gasteiger partial charge in [-0.25, -0.2) is 0 Å². The molecule has 15 heavy (non-hydrogen) atoms. The van der Waals surface area contributed by atoms with Gasteiger partial charge in [-0.05, 0) is 12.0 Å². The van der Waals surface area contributed by atoms with Crippen LogP contribution in [0.3, 0.4) is 0 Å². The Labute approximate surface area is 87.0 Å². The Morgan fingerprint density at radius 1 is 1.53 bits per heavy atom. The van der Waals surface area contributed by atoms with Crippen LogP contribution < -0.4 is 5.73 Å². The highest BCUT2D eigenvalue weighted by molar-refractivity contribution is 5.33. The van der Waals surface area contributed by atoms with E-state index in [1.165, 1.54) is 12.1 Å². The maximum absolute atomic E-state index is 10.4. The maximum Gasteiger partial charge on any atom is 0.269 e. The van der Waals surface area contributed by atoms with Crippen molar-refractivity contribution in [2.24, 2.45) is 5.73 Å². The first-order valence-corrected chi connectivity index (χ1v) is 4.77. The average Bonchev–Trinajstić information content (AvgIpc) is 3.01. The maximum atomic E-state index is 10.4. The third-order valence-electron chi connectivity index (χ3n) is 2.46. The van der Waals surface area contributed by atoms with Crippen LogP contribution in [0, 0.1) is 10.1 Å². The Balaban J connectivity index is 1.99. The number of hydrogen-bond acceptors (Lipinski definition) is 4. The smallest absolute Gasteiger partial charge is 0.269 e. The molecule has 0 bridgehead atoms. The molecular weight excluding hydrogens is 196 g/mol. The molecule has 0 radical (unpaired) electrons. The molecule has 2 atom stereocenters. The zero-order valence-corrected chi connectivity index (χ0v) is 8.13. The second-order valence-electron chi connectivity index (χ2n) is 3.66. The summed E-state index contributed by atoms with van der Waals surface area (Å²) in [6.07, 6.45) is 0.864. The average molecular weight is 208 g/mol. The number of epoxide rings is 1. The Hall–Kier alpha value is -1.46. The lowest BCUT2D eigenvalue weighted by Gasteiger charge is -2.07. The minimum absolute atomic E-state index is 0.00791. The molecule has 2 unspecified atom stereocenters. The number of rotatable bonds is 4. The molecule has 1 aromatic rings. The number of ether oxygens (including phenoxy) is 1. The van der Waals surface area contributed by atoms with E-state index in [4.69, 9.17) is 10.5 Å². The normalized spacial score (nSPS) is 21.0. The molecule has 0 aliphatic carbocycles. The van der Waals surface area contributed by atoms with E-state index in [0.717, 1.165) is 12.2 Å². The summed E-state index contributed by atoms with van der Waals surface area (Å²) < 4.78 is 5.07. The predicted molar refractivity (Wildman–Crippen MR) is 54.5 cm³/mol. The number of nitro benzene ring substituents is 1. The van der Waals surface area contributed by atoms with Crippen molar-refractivity contribution in [1.82, 2.24) is 0 Å². The van der Waals surface area contributed by atoms with E-state index in [1.54, 1.807) is 12.1 Å². The molecule has 1 aliphatic heterocycles. The second kappa shape index (κ2) is 3.96. The van der Waals surface area contributed by atoms with Gasteiger partial charge in [-0.2, -0.15) is 0 Å². The molecule has 2 N–H and O–H groups in total. The van der Waals surface area contributed by atoms with E-state index < -0.39 is 4.92 Å². The molecule has 0 saturated carbocycles. The molecule has 80 valence electrons. The lowest BCUT2D eigenvalue weighted by atomic mass is 10.0. The van der Waals surface area contributed by atoms with Gasteiger partial charge in [0, 0.05) is 18.2 Å². The molecule has 1 fully saturated rings. The highest BCUT2D eigenvalue weighted by Crippen LogP contribution is 2.18. The first-order valence-electron chi connectivity index (χ1n) is 4.77. The summed E-state index contributed by atoms with van der Waals surface area (Å²) in [5.74, 6) is 0. The molecule has 2 rings (SSSR count). The molecule has 0 amide bonds. The van der Waals surface area contributed by atoms with E-state index in [1.807, 2.05) is 0 Å². The Morgan fingerprint density at radius 3 is 2.60 bits per heavy atom. The number of non-ortho nitro benzene ring substituents is 1. The SMILES string of the molecule is NC(Cc1ccc([N+](=O)[O-])cc1)C1CO1. The molecule has 5 nitrogen and oxygen atoms in total. The lowest BCUT2D eigenvalue weighted by molar-refractivity contribution is -0.384. The molecule has 1 saturated heterocycles. The monoisotopic (exact) mass is 208 g/mol. The number of hydrogen-bond donors (Lipinski definition) is 1. The first kappa shape index (κ1) is 10.1. The van der Waals surface area contributed by atoms with Gasteiger partial charge in [-0.15, -0.1) is 0 Å². The highest BCUT2D eigenvalue weighted by atomic mass is 16.6. The summed E-state index contributed by atoms with van der Waals surface area (Å²) in [7, 11) is 0. The quantitative estimate of drug-likeness (QED) is 0.452. The molecule has 5 heteroatoms. The van der Waals surface area contributed by atoms with Crippen LogP contribution in [-0.4, -0.2) is 23.7 Å². The third-order valence-corrected chi connectivity index (χ3v) is 2.46. The molecular formula is C10H12N2O3. The van der Waals surface area contributed by atoms with Crippen LogP contribution in [0.5, 0.6) is 0 Å². The Morgan fingerprint density at radius 2 is 2.13 bits per heavy atom. The van der Waals surface area contributed by atoms with E-state index in [-0.39, 0.29) is 17.8 Å². The van der Waals surface area contributed by atoms with Crippen LogP contribution in [0.2, 0.25) is 0 Å². The van der Waals surface area contributed by atoms with Crippen molar-refractivity contribution < 1.29 is 9.66 Å². The zero-order valence-electron chi connectivity index (χ0n) is 8.13. The fraction of sp³-hybridized carbons (Fsp3) is 0.400. The summed E-state index contributed by atoms with van der Waals surface area (Å²) in [5, 5.41) is 10.4. The van der Waals surface area contributed by atoms with Crippen molar-refractivity contribution in [2.45, 2.75) is 18.6 Å². The van der Waals surface area contributed by atoms with Gasteiger partial charge < -0.3 is 10.5 Å². The topological polar surface area (TPSA) is 81.7 Å². The van der Waals surface area contributed by atoms with Crippen molar-refractivity contribution in [3.8, 4) is 0 Å². The van der Waals surface area contributed by atoms with Crippen molar-refractivity contribution in [3.05, 3.63) is 39.9 Å². The highest BCUT2D eigenvalue weighted by Gasteiger charge is 2.29.